The number of benzene rings is 1. The van der Waals surface area contributed by atoms with E-state index in [1.165, 1.54) is 19.8 Å². The van der Waals surface area contributed by atoms with E-state index in [-0.39, 0.29) is 24.0 Å². The van der Waals surface area contributed by atoms with Crippen LogP contribution in [0.15, 0.2) is 30.3 Å². The third kappa shape index (κ3) is 11.1. The van der Waals surface area contributed by atoms with Crippen molar-refractivity contribution in [3.63, 3.8) is 0 Å². The average Bonchev–Trinajstić information content (AvgIpc) is 2.67. The van der Waals surface area contributed by atoms with Crippen molar-refractivity contribution in [1.82, 2.24) is 5.32 Å². The molecule has 0 spiro atoms. The molecule has 0 heterocycles. The molecule has 1 unspecified atom stereocenters. The van der Waals surface area contributed by atoms with Crippen LogP contribution in [-0.4, -0.2) is 30.3 Å². The summed E-state index contributed by atoms with van der Waals surface area (Å²) < 4.78 is 5.32. The van der Waals surface area contributed by atoms with E-state index in [0.717, 1.165) is 18.4 Å². The van der Waals surface area contributed by atoms with Crippen molar-refractivity contribution in [2.75, 3.05) is 6.61 Å². The standard InChI is InChI=1S/C25H39NO4/c1-18(2)10-9-11-19(3)14-15-30-24(28)17-23(21(5)27)26-25(29)20(4)16-22-12-7-6-8-13-22/h6-8,12-13,18-20,23H,9-11,14-17H2,1-5H3,(H,26,29)/t19?,20-,23-/m0/s1. The number of hydrogen-bond acceptors (Lipinski definition) is 4. The highest BCUT2D eigenvalue weighted by atomic mass is 16.5. The van der Waals surface area contributed by atoms with Gasteiger partial charge in [0.15, 0.2) is 5.78 Å². The van der Waals surface area contributed by atoms with Crippen LogP contribution >= 0.6 is 0 Å². The summed E-state index contributed by atoms with van der Waals surface area (Å²) in [7, 11) is 0. The van der Waals surface area contributed by atoms with E-state index in [1.807, 2.05) is 37.3 Å². The monoisotopic (exact) mass is 417 g/mol. The lowest BCUT2D eigenvalue weighted by atomic mass is 9.98. The van der Waals surface area contributed by atoms with Crippen LogP contribution in [0.2, 0.25) is 0 Å². The number of amides is 1. The molecule has 0 fully saturated rings. The van der Waals surface area contributed by atoms with Gasteiger partial charge in [-0.25, -0.2) is 0 Å². The second kappa shape index (κ2) is 13.9. The maximum absolute atomic E-state index is 12.5. The lowest BCUT2D eigenvalue weighted by molar-refractivity contribution is -0.146. The molecule has 1 rings (SSSR count). The third-order valence-electron chi connectivity index (χ3n) is 5.36. The number of carbonyl (C=O) groups is 3. The molecule has 30 heavy (non-hydrogen) atoms. The highest BCUT2D eigenvalue weighted by Gasteiger charge is 2.24. The van der Waals surface area contributed by atoms with Crippen molar-refractivity contribution in [2.45, 2.75) is 79.2 Å². The van der Waals surface area contributed by atoms with E-state index < -0.39 is 12.0 Å². The molecule has 0 bridgehead atoms. The second-order valence-electron chi connectivity index (χ2n) is 8.91. The van der Waals surface area contributed by atoms with Crippen molar-refractivity contribution >= 4 is 17.7 Å². The molecule has 0 aliphatic carbocycles. The maximum Gasteiger partial charge on any atom is 0.308 e. The molecule has 0 aliphatic heterocycles. The molecule has 0 saturated heterocycles. The van der Waals surface area contributed by atoms with Gasteiger partial charge in [-0.3, -0.25) is 14.4 Å². The Morgan fingerprint density at radius 1 is 0.967 bits per heavy atom. The highest BCUT2D eigenvalue weighted by molar-refractivity contribution is 5.91. The number of ether oxygens (including phenoxy) is 1. The van der Waals surface area contributed by atoms with Crippen molar-refractivity contribution < 1.29 is 19.1 Å². The molecule has 5 heteroatoms. The summed E-state index contributed by atoms with van der Waals surface area (Å²) in [6.07, 6.45) is 4.80. The summed E-state index contributed by atoms with van der Waals surface area (Å²) >= 11 is 0. The topological polar surface area (TPSA) is 72.5 Å². The molecule has 0 aromatic heterocycles. The minimum Gasteiger partial charge on any atom is -0.466 e. The number of nitrogens with one attached hydrogen (secondary N) is 1. The first-order valence-electron chi connectivity index (χ1n) is 11.2. The zero-order valence-corrected chi connectivity index (χ0v) is 19.3. The number of Topliss-reactive ketones (excluding diaryl/α,β-unsaturated/α-hetero) is 1. The van der Waals surface area contributed by atoms with Crippen LogP contribution in [0.4, 0.5) is 0 Å². The zero-order chi connectivity index (χ0) is 22.5. The van der Waals surface area contributed by atoms with Crippen LogP contribution in [0, 0.1) is 17.8 Å². The Hall–Kier alpha value is -2.17. The Morgan fingerprint density at radius 3 is 2.23 bits per heavy atom. The van der Waals surface area contributed by atoms with Crippen molar-refractivity contribution in [3.8, 4) is 0 Å². The first-order valence-corrected chi connectivity index (χ1v) is 11.2. The van der Waals surface area contributed by atoms with E-state index in [9.17, 15) is 14.4 Å². The van der Waals surface area contributed by atoms with E-state index in [2.05, 4.69) is 26.1 Å². The van der Waals surface area contributed by atoms with Gasteiger partial charge in [-0.1, -0.05) is 77.3 Å². The minimum absolute atomic E-state index is 0.124. The van der Waals surface area contributed by atoms with E-state index in [0.29, 0.717) is 24.9 Å². The van der Waals surface area contributed by atoms with E-state index in [1.54, 1.807) is 0 Å². The molecular weight excluding hydrogens is 378 g/mol. The molecule has 1 aromatic rings. The van der Waals surface area contributed by atoms with Gasteiger partial charge in [-0.05, 0) is 37.2 Å². The van der Waals surface area contributed by atoms with Crippen molar-refractivity contribution in [2.24, 2.45) is 17.8 Å². The van der Waals surface area contributed by atoms with Crippen LogP contribution in [0.1, 0.15) is 72.3 Å². The number of ketones is 1. The summed E-state index contributed by atoms with van der Waals surface area (Å²) in [6, 6.07) is 8.88. The Balaban J connectivity index is 2.38. The van der Waals surface area contributed by atoms with Gasteiger partial charge in [0.1, 0.15) is 0 Å². The molecule has 0 aliphatic rings. The quantitative estimate of drug-likeness (QED) is 0.444. The Labute approximate surface area is 182 Å². The normalized spacial score (nSPS) is 14.1. The predicted molar refractivity (Wildman–Crippen MR) is 120 cm³/mol. The molecule has 3 atom stereocenters. The van der Waals surface area contributed by atoms with E-state index >= 15 is 0 Å². The molecule has 0 radical (unpaired) electrons. The average molecular weight is 418 g/mol. The molecule has 1 N–H and O–H groups in total. The fourth-order valence-electron chi connectivity index (χ4n) is 3.29. The molecule has 5 nitrogen and oxygen atoms in total. The van der Waals surface area contributed by atoms with Crippen LogP contribution in [0.5, 0.6) is 0 Å². The van der Waals surface area contributed by atoms with Crippen LogP contribution in [0.3, 0.4) is 0 Å². The van der Waals surface area contributed by atoms with Crippen molar-refractivity contribution in [1.29, 1.82) is 0 Å². The lowest BCUT2D eigenvalue weighted by Gasteiger charge is -2.19. The van der Waals surface area contributed by atoms with Crippen LogP contribution in [-0.2, 0) is 25.5 Å². The van der Waals surface area contributed by atoms with Gasteiger partial charge in [-0.15, -0.1) is 0 Å². The Morgan fingerprint density at radius 2 is 1.63 bits per heavy atom. The fraction of sp³-hybridized carbons (Fsp3) is 0.640. The molecule has 1 aromatic carbocycles. The first-order chi connectivity index (χ1) is 14.2. The van der Waals surface area contributed by atoms with Gasteiger partial charge in [-0.2, -0.15) is 0 Å². The van der Waals surface area contributed by atoms with Gasteiger partial charge in [0.2, 0.25) is 5.91 Å². The molecular formula is C25H39NO4. The number of rotatable bonds is 14. The minimum atomic E-state index is -0.841. The summed E-state index contributed by atoms with van der Waals surface area (Å²) in [5.41, 5.74) is 1.06. The predicted octanol–water partition coefficient (Wildman–Crippen LogP) is 4.72. The maximum atomic E-state index is 12.5. The van der Waals surface area contributed by atoms with Gasteiger partial charge >= 0.3 is 5.97 Å². The summed E-state index contributed by atoms with van der Waals surface area (Å²) in [5, 5.41) is 2.72. The summed E-state index contributed by atoms with van der Waals surface area (Å²) in [5.74, 6) is 0.000279. The number of esters is 1. The van der Waals surface area contributed by atoms with Crippen molar-refractivity contribution in [3.05, 3.63) is 35.9 Å². The Bertz CT molecular complexity index is 656. The SMILES string of the molecule is CC(=O)[C@H](CC(=O)OCCC(C)CCCC(C)C)NC(=O)[C@@H](C)Cc1ccccc1. The lowest BCUT2D eigenvalue weighted by Crippen LogP contribution is -2.44. The van der Waals surface area contributed by atoms with E-state index in [4.69, 9.17) is 4.74 Å². The zero-order valence-electron chi connectivity index (χ0n) is 19.3. The van der Waals surface area contributed by atoms with Gasteiger partial charge in [0, 0.05) is 5.92 Å². The highest BCUT2D eigenvalue weighted by Crippen LogP contribution is 2.15. The number of carbonyl (C=O) groups excluding carboxylic acids is 3. The van der Waals surface area contributed by atoms with Gasteiger partial charge in [0.05, 0.1) is 19.1 Å². The smallest absolute Gasteiger partial charge is 0.308 e. The van der Waals surface area contributed by atoms with Gasteiger partial charge < -0.3 is 10.1 Å². The molecule has 1 amide bonds. The molecule has 0 saturated carbocycles. The van der Waals surface area contributed by atoms with Gasteiger partial charge in [0.25, 0.3) is 0 Å². The first kappa shape index (κ1) is 25.9. The second-order valence-corrected chi connectivity index (χ2v) is 8.91. The van der Waals surface area contributed by atoms with Crippen LogP contribution in [0.25, 0.3) is 0 Å². The van der Waals surface area contributed by atoms with Crippen LogP contribution < -0.4 is 5.32 Å². The summed E-state index contributed by atoms with van der Waals surface area (Å²) in [6.45, 7) is 10.2. The Kier molecular flexibility index (Phi) is 12.0. The summed E-state index contributed by atoms with van der Waals surface area (Å²) in [4.78, 5) is 36.6. The third-order valence-corrected chi connectivity index (χ3v) is 5.36. The molecule has 168 valence electrons. The largest absolute Gasteiger partial charge is 0.466 e. The number of hydrogen-bond donors (Lipinski definition) is 1. The fourth-order valence-corrected chi connectivity index (χ4v) is 3.29.